The molecule has 3 N–H and O–H groups in total. The van der Waals surface area contributed by atoms with E-state index in [4.69, 9.17) is 14.6 Å². The molecule has 2 fully saturated rings. The van der Waals surface area contributed by atoms with E-state index < -0.39 is 5.97 Å². The number of carbonyl (C=O) groups is 2. The van der Waals surface area contributed by atoms with Crippen molar-refractivity contribution in [3.8, 4) is 11.3 Å². The second kappa shape index (κ2) is 13.9. The van der Waals surface area contributed by atoms with Crippen molar-refractivity contribution in [2.45, 2.75) is 6.54 Å². The predicted molar refractivity (Wildman–Crippen MR) is 151 cm³/mol. The zero-order chi connectivity index (χ0) is 28.4. The van der Waals surface area contributed by atoms with Crippen molar-refractivity contribution in [2.24, 2.45) is 0 Å². The summed E-state index contributed by atoms with van der Waals surface area (Å²) in [6.45, 7) is 6.77. The van der Waals surface area contributed by atoms with Crippen LogP contribution in [0.1, 0.15) is 5.56 Å². The van der Waals surface area contributed by atoms with Gasteiger partial charge in [-0.3, -0.25) is 24.5 Å². The normalized spacial score (nSPS) is 16.2. The highest BCUT2D eigenvalue weighted by molar-refractivity contribution is 6.01. The van der Waals surface area contributed by atoms with Crippen molar-refractivity contribution in [3.05, 3.63) is 60.3 Å². The summed E-state index contributed by atoms with van der Waals surface area (Å²) >= 11 is 0. The average molecular weight is 563 g/mol. The smallest absolute Gasteiger partial charge is 0.317 e. The minimum Gasteiger partial charge on any atom is -0.480 e. The molecule has 0 spiro atoms. The molecule has 0 bridgehead atoms. The van der Waals surface area contributed by atoms with Gasteiger partial charge in [0.05, 0.1) is 57.8 Å². The number of aliphatic carboxylic acids is 1. The molecule has 0 saturated carbocycles. The molecule has 0 unspecified atom stereocenters. The van der Waals surface area contributed by atoms with E-state index in [2.05, 4.69) is 42.9 Å². The molecule has 4 heterocycles. The summed E-state index contributed by atoms with van der Waals surface area (Å²) < 4.78 is 12.2. The molecule has 41 heavy (non-hydrogen) atoms. The molecule has 0 aliphatic carbocycles. The SMILES string of the molecule is O=C(CN1CCOCC1)Nc1n[nH]c2ccc(-c3cn(Cc4ccccc4)nn3)cc12.O=C(O)CN1CCOCC1. The number of anilines is 1. The average Bonchev–Trinajstić information content (AvgIpc) is 3.61. The van der Waals surface area contributed by atoms with Gasteiger partial charge in [-0.15, -0.1) is 5.10 Å². The molecule has 2 aromatic heterocycles. The number of carboxylic acids is 1. The standard InChI is InChI=1S/C22H23N7O2.C6H11NO3/c30-21(15-28-8-10-31-11-9-28)23-22-18-12-17(6-7-19(18)24-26-22)20-14-29(27-25-20)13-16-4-2-1-3-5-16;8-6(9)5-7-1-3-10-4-2-7/h1-7,12,14H,8-11,13,15H2,(H2,23,24,26,30);1-5H2,(H,8,9). The molecule has 0 atom stereocenters. The minimum atomic E-state index is -0.762. The summed E-state index contributed by atoms with van der Waals surface area (Å²) in [5.41, 5.74) is 3.69. The van der Waals surface area contributed by atoms with Crippen molar-refractivity contribution < 1.29 is 24.2 Å². The number of nitrogens with zero attached hydrogens (tertiary/aromatic N) is 6. The Labute approximate surface area is 237 Å². The van der Waals surface area contributed by atoms with Crippen molar-refractivity contribution in [1.29, 1.82) is 0 Å². The van der Waals surface area contributed by atoms with Crippen LogP contribution in [0.15, 0.2) is 54.7 Å². The summed E-state index contributed by atoms with van der Waals surface area (Å²) in [4.78, 5) is 26.6. The number of hydrogen-bond acceptors (Lipinski definition) is 9. The molecule has 2 aromatic carbocycles. The highest BCUT2D eigenvalue weighted by atomic mass is 16.5. The fraction of sp³-hybridized carbons (Fsp3) is 0.393. The van der Waals surface area contributed by atoms with Gasteiger partial charge in [-0.25, -0.2) is 4.68 Å². The molecule has 216 valence electrons. The monoisotopic (exact) mass is 562 g/mol. The summed E-state index contributed by atoms with van der Waals surface area (Å²) in [5, 5.41) is 28.0. The number of hydrogen-bond donors (Lipinski definition) is 3. The van der Waals surface area contributed by atoms with E-state index in [0.29, 0.717) is 45.3 Å². The van der Waals surface area contributed by atoms with Crippen LogP contribution in [-0.2, 0) is 25.6 Å². The quantitative estimate of drug-likeness (QED) is 0.289. The van der Waals surface area contributed by atoms with Crippen LogP contribution >= 0.6 is 0 Å². The topological polar surface area (TPSA) is 151 Å². The Morgan fingerprint density at radius 3 is 2.29 bits per heavy atom. The molecule has 2 aliphatic rings. The summed E-state index contributed by atoms with van der Waals surface area (Å²) in [7, 11) is 0. The lowest BCUT2D eigenvalue weighted by Crippen LogP contribution is -2.41. The first-order valence-electron chi connectivity index (χ1n) is 13.6. The van der Waals surface area contributed by atoms with Crippen LogP contribution in [0.5, 0.6) is 0 Å². The van der Waals surface area contributed by atoms with E-state index in [-0.39, 0.29) is 12.5 Å². The Hall–Kier alpha value is -4.17. The van der Waals surface area contributed by atoms with Gasteiger partial charge in [0.2, 0.25) is 5.91 Å². The number of amides is 1. The molecule has 0 radical (unpaired) electrons. The van der Waals surface area contributed by atoms with Gasteiger partial charge in [0.15, 0.2) is 5.82 Å². The number of morpholine rings is 2. The Bertz CT molecular complexity index is 1430. The Kier molecular flexibility index (Phi) is 9.65. The van der Waals surface area contributed by atoms with Gasteiger partial charge in [0, 0.05) is 37.1 Å². The lowest BCUT2D eigenvalue weighted by molar-refractivity contribution is -0.139. The lowest BCUT2D eigenvalue weighted by atomic mass is 10.1. The van der Waals surface area contributed by atoms with E-state index in [1.165, 1.54) is 0 Å². The number of ether oxygens (including phenoxy) is 2. The third-order valence-corrected chi connectivity index (χ3v) is 6.78. The zero-order valence-corrected chi connectivity index (χ0v) is 22.7. The van der Waals surface area contributed by atoms with Crippen LogP contribution in [0.2, 0.25) is 0 Å². The van der Waals surface area contributed by atoms with Gasteiger partial charge in [-0.05, 0) is 17.7 Å². The fourth-order valence-electron chi connectivity index (χ4n) is 4.63. The second-order valence-electron chi connectivity index (χ2n) is 9.84. The maximum absolute atomic E-state index is 12.5. The third kappa shape index (κ3) is 8.17. The first-order valence-corrected chi connectivity index (χ1v) is 13.6. The molecular weight excluding hydrogens is 528 g/mol. The highest BCUT2D eigenvalue weighted by Gasteiger charge is 2.17. The van der Waals surface area contributed by atoms with Gasteiger partial charge in [-0.2, -0.15) is 5.10 Å². The van der Waals surface area contributed by atoms with Gasteiger partial charge in [0.1, 0.15) is 5.69 Å². The van der Waals surface area contributed by atoms with Crippen LogP contribution in [0, 0.1) is 0 Å². The van der Waals surface area contributed by atoms with Gasteiger partial charge in [-0.1, -0.05) is 41.6 Å². The molecule has 4 aromatic rings. The van der Waals surface area contributed by atoms with Crippen LogP contribution in [-0.4, -0.2) is 118 Å². The molecule has 2 aliphatic heterocycles. The molecule has 13 nitrogen and oxygen atoms in total. The third-order valence-electron chi connectivity index (χ3n) is 6.78. The number of aromatic amines is 1. The molecule has 1 amide bonds. The van der Waals surface area contributed by atoms with E-state index in [1.54, 1.807) is 0 Å². The Balaban J connectivity index is 0.000000287. The van der Waals surface area contributed by atoms with Gasteiger partial charge >= 0.3 is 5.97 Å². The van der Waals surface area contributed by atoms with Crippen molar-refractivity contribution in [2.75, 3.05) is 71.0 Å². The number of carbonyl (C=O) groups excluding carboxylic acids is 1. The number of rotatable bonds is 8. The molecule has 13 heteroatoms. The first kappa shape index (κ1) is 28.4. The maximum atomic E-state index is 12.5. The van der Waals surface area contributed by atoms with Gasteiger partial charge < -0.3 is 19.9 Å². The lowest BCUT2D eigenvalue weighted by Gasteiger charge is -2.25. The second-order valence-corrected chi connectivity index (χ2v) is 9.84. The maximum Gasteiger partial charge on any atom is 0.317 e. The number of carboxylic acid groups (broad SMARTS) is 1. The Morgan fingerprint density at radius 2 is 1.61 bits per heavy atom. The van der Waals surface area contributed by atoms with E-state index in [1.807, 2.05) is 52.2 Å². The number of fused-ring (bicyclic) bond motifs is 1. The van der Waals surface area contributed by atoms with Crippen LogP contribution in [0.3, 0.4) is 0 Å². The number of aromatic nitrogens is 5. The van der Waals surface area contributed by atoms with Gasteiger partial charge in [0.25, 0.3) is 0 Å². The number of nitrogens with one attached hydrogen (secondary N) is 2. The number of H-pyrrole nitrogens is 1. The van der Waals surface area contributed by atoms with E-state index in [0.717, 1.165) is 53.9 Å². The summed E-state index contributed by atoms with van der Waals surface area (Å²) in [6.07, 6.45) is 1.92. The van der Waals surface area contributed by atoms with Crippen molar-refractivity contribution >= 4 is 28.6 Å². The summed E-state index contributed by atoms with van der Waals surface area (Å²) in [6, 6.07) is 16.0. The fourth-order valence-corrected chi connectivity index (χ4v) is 4.63. The molecule has 2 saturated heterocycles. The van der Waals surface area contributed by atoms with E-state index >= 15 is 0 Å². The van der Waals surface area contributed by atoms with Crippen LogP contribution in [0.25, 0.3) is 22.2 Å². The minimum absolute atomic E-state index is 0.0884. The zero-order valence-electron chi connectivity index (χ0n) is 22.7. The Morgan fingerprint density at radius 1 is 0.927 bits per heavy atom. The highest BCUT2D eigenvalue weighted by Crippen LogP contribution is 2.26. The van der Waals surface area contributed by atoms with Crippen LogP contribution in [0.4, 0.5) is 5.82 Å². The van der Waals surface area contributed by atoms with E-state index in [9.17, 15) is 9.59 Å². The van der Waals surface area contributed by atoms with Crippen molar-refractivity contribution in [1.82, 2.24) is 35.0 Å². The number of benzene rings is 2. The molecule has 6 rings (SSSR count). The first-order chi connectivity index (χ1) is 20.0. The largest absolute Gasteiger partial charge is 0.480 e. The van der Waals surface area contributed by atoms with Crippen molar-refractivity contribution in [3.63, 3.8) is 0 Å². The predicted octanol–water partition coefficient (Wildman–Crippen LogP) is 1.54. The summed E-state index contributed by atoms with van der Waals surface area (Å²) in [5.74, 6) is -0.330. The van der Waals surface area contributed by atoms with Crippen LogP contribution < -0.4 is 5.32 Å². The molecular formula is C28H34N8O5.